The standard InChI is InChI=1S/C12H25BrO2/c1-4-6-12(2,11-13)7-5-8-15-10-9-14-3/h4-11H2,1-3H3. The third-order valence-corrected chi connectivity index (χ3v) is 4.03. The molecule has 0 aromatic carbocycles. The Morgan fingerprint density at radius 1 is 1.13 bits per heavy atom. The SMILES string of the molecule is CCCC(C)(CBr)CCCOCCOC. The van der Waals surface area contributed by atoms with Crippen LogP contribution in [0.15, 0.2) is 0 Å². The number of hydrogen-bond acceptors (Lipinski definition) is 2. The van der Waals surface area contributed by atoms with Crippen LogP contribution in [0, 0.1) is 5.41 Å². The molecule has 0 heterocycles. The van der Waals surface area contributed by atoms with Crippen molar-refractivity contribution in [1.82, 2.24) is 0 Å². The molecule has 2 nitrogen and oxygen atoms in total. The Morgan fingerprint density at radius 2 is 1.87 bits per heavy atom. The van der Waals surface area contributed by atoms with Gasteiger partial charge < -0.3 is 9.47 Å². The molecule has 0 aromatic rings. The Hall–Kier alpha value is 0.400. The molecular formula is C12H25BrO2. The van der Waals surface area contributed by atoms with Crippen LogP contribution in [0.5, 0.6) is 0 Å². The summed E-state index contributed by atoms with van der Waals surface area (Å²) in [7, 11) is 1.70. The van der Waals surface area contributed by atoms with Gasteiger partial charge in [0, 0.05) is 19.0 Å². The number of rotatable bonds is 10. The zero-order valence-corrected chi connectivity index (χ0v) is 11.9. The molecule has 0 aliphatic heterocycles. The first-order valence-electron chi connectivity index (χ1n) is 5.81. The predicted molar refractivity (Wildman–Crippen MR) is 68.7 cm³/mol. The molecule has 0 radical (unpaired) electrons. The molecule has 1 atom stereocenters. The normalized spacial score (nSPS) is 15.2. The van der Waals surface area contributed by atoms with Crippen molar-refractivity contribution in [2.24, 2.45) is 5.41 Å². The second kappa shape index (κ2) is 9.61. The van der Waals surface area contributed by atoms with Gasteiger partial charge in [-0.3, -0.25) is 0 Å². The summed E-state index contributed by atoms with van der Waals surface area (Å²) in [6.07, 6.45) is 4.92. The van der Waals surface area contributed by atoms with Gasteiger partial charge >= 0.3 is 0 Å². The monoisotopic (exact) mass is 280 g/mol. The Bertz CT molecular complexity index is 142. The van der Waals surface area contributed by atoms with Crippen LogP contribution in [0.4, 0.5) is 0 Å². The quantitative estimate of drug-likeness (QED) is 0.449. The van der Waals surface area contributed by atoms with Gasteiger partial charge in [0.2, 0.25) is 0 Å². The van der Waals surface area contributed by atoms with E-state index in [-0.39, 0.29) is 0 Å². The first-order valence-corrected chi connectivity index (χ1v) is 6.93. The lowest BCUT2D eigenvalue weighted by Crippen LogP contribution is -2.19. The summed E-state index contributed by atoms with van der Waals surface area (Å²) in [6.45, 7) is 6.87. The highest BCUT2D eigenvalue weighted by Gasteiger charge is 2.20. The number of alkyl halides is 1. The molecule has 1 unspecified atom stereocenters. The average molecular weight is 281 g/mol. The van der Waals surface area contributed by atoms with E-state index in [2.05, 4.69) is 29.8 Å². The maximum Gasteiger partial charge on any atom is 0.0700 e. The van der Waals surface area contributed by atoms with E-state index >= 15 is 0 Å². The molecule has 15 heavy (non-hydrogen) atoms. The minimum atomic E-state index is 0.444. The topological polar surface area (TPSA) is 18.5 Å². The van der Waals surface area contributed by atoms with Crippen LogP contribution in [0.1, 0.15) is 39.5 Å². The van der Waals surface area contributed by atoms with Gasteiger partial charge in [0.05, 0.1) is 13.2 Å². The van der Waals surface area contributed by atoms with Crippen LogP contribution in [0.25, 0.3) is 0 Å². The largest absolute Gasteiger partial charge is 0.382 e. The zero-order chi connectivity index (χ0) is 11.6. The van der Waals surface area contributed by atoms with Crippen molar-refractivity contribution in [2.75, 3.05) is 32.3 Å². The van der Waals surface area contributed by atoms with Gasteiger partial charge in [0.15, 0.2) is 0 Å². The summed E-state index contributed by atoms with van der Waals surface area (Å²) in [5.41, 5.74) is 0.444. The van der Waals surface area contributed by atoms with Crippen LogP contribution in [0.3, 0.4) is 0 Å². The highest BCUT2D eigenvalue weighted by Crippen LogP contribution is 2.31. The van der Waals surface area contributed by atoms with Crippen LogP contribution in [-0.4, -0.2) is 32.3 Å². The Balaban J connectivity index is 3.46. The van der Waals surface area contributed by atoms with E-state index in [1.165, 1.54) is 19.3 Å². The lowest BCUT2D eigenvalue weighted by Gasteiger charge is -2.26. The first kappa shape index (κ1) is 15.4. The van der Waals surface area contributed by atoms with Gasteiger partial charge in [-0.1, -0.05) is 36.2 Å². The molecule has 0 spiro atoms. The third kappa shape index (κ3) is 8.23. The van der Waals surface area contributed by atoms with Crippen LogP contribution >= 0.6 is 15.9 Å². The second-order valence-electron chi connectivity index (χ2n) is 4.40. The zero-order valence-electron chi connectivity index (χ0n) is 10.4. The summed E-state index contributed by atoms with van der Waals surface area (Å²) in [5, 5.41) is 1.09. The lowest BCUT2D eigenvalue weighted by molar-refractivity contribution is 0.0647. The molecular weight excluding hydrogens is 256 g/mol. The summed E-state index contributed by atoms with van der Waals surface area (Å²) < 4.78 is 10.4. The van der Waals surface area contributed by atoms with E-state index in [4.69, 9.17) is 9.47 Å². The van der Waals surface area contributed by atoms with E-state index in [9.17, 15) is 0 Å². The summed E-state index contributed by atoms with van der Waals surface area (Å²) in [5.74, 6) is 0. The molecule has 92 valence electrons. The maximum absolute atomic E-state index is 5.45. The lowest BCUT2D eigenvalue weighted by atomic mass is 9.83. The number of methoxy groups -OCH3 is 1. The summed E-state index contributed by atoms with van der Waals surface area (Å²) >= 11 is 3.61. The van der Waals surface area contributed by atoms with E-state index in [0.717, 1.165) is 25.0 Å². The predicted octanol–water partition coefficient (Wildman–Crippen LogP) is 3.63. The third-order valence-electron chi connectivity index (χ3n) is 2.68. The van der Waals surface area contributed by atoms with Crippen molar-refractivity contribution in [3.05, 3.63) is 0 Å². The fourth-order valence-electron chi connectivity index (χ4n) is 1.71. The Labute approximate surface area is 103 Å². The van der Waals surface area contributed by atoms with Crippen molar-refractivity contribution in [2.45, 2.75) is 39.5 Å². The van der Waals surface area contributed by atoms with E-state index in [1.54, 1.807) is 7.11 Å². The summed E-state index contributed by atoms with van der Waals surface area (Å²) in [4.78, 5) is 0. The molecule has 0 aliphatic carbocycles. The second-order valence-corrected chi connectivity index (χ2v) is 4.96. The van der Waals surface area contributed by atoms with E-state index in [1.807, 2.05) is 0 Å². The van der Waals surface area contributed by atoms with Gasteiger partial charge in [-0.15, -0.1) is 0 Å². The molecule has 3 heteroatoms. The van der Waals surface area contributed by atoms with Crippen molar-refractivity contribution in [3.63, 3.8) is 0 Å². The van der Waals surface area contributed by atoms with Gasteiger partial charge in [-0.2, -0.15) is 0 Å². The molecule has 0 rings (SSSR count). The highest BCUT2D eigenvalue weighted by atomic mass is 79.9. The van der Waals surface area contributed by atoms with E-state index < -0.39 is 0 Å². The Morgan fingerprint density at radius 3 is 2.40 bits per heavy atom. The van der Waals surface area contributed by atoms with Crippen molar-refractivity contribution in [3.8, 4) is 0 Å². The van der Waals surface area contributed by atoms with Gasteiger partial charge in [0.1, 0.15) is 0 Å². The van der Waals surface area contributed by atoms with Crippen molar-refractivity contribution < 1.29 is 9.47 Å². The number of hydrogen-bond donors (Lipinski definition) is 0. The van der Waals surface area contributed by atoms with Gasteiger partial charge in [-0.05, 0) is 24.7 Å². The number of ether oxygens (including phenoxy) is 2. The molecule has 0 aromatic heterocycles. The number of halogens is 1. The van der Waals surface area contributed by atoms with Gasteiger partial charge in [-0.25, -0.2) is 0 Å². The van der Waals surface area contributed by atoms with Crippen LogP contribution in [0.2, 0.25) is 0 Å². The smallest absolute Gasteiger partial charge is 0.0700 e. The minimum Gasteiger partial charge on any atom is -0.382 e. The maximum atomic E-state index is 5.45. The van der Waals surface area contributed by atoms with Crippen molar-refractivity contribution in [1.29, 1.82) is 0 Å². The minimum absolute atomic E-state index is 0.444. The summed E-state index contributed by atoms with van der Waals surface area (Å²) in [6, 6.07) is 0. The fourth-order valence-corrected chi connectivity index (χ4v) is 2.27. The van der Waals surface area contributed by atoms with Crippen molar-refractivity contribution >= 4 is 15.9 Å². The fraction of sp³-hybridized carbons (Fsp3) is 1.00. The molecule has 0 amide bonds. The molecule has 0 bridgehead atoms. The van der Waals surface area contributed by atoms with Crippen LogP contribution in [-0.2, 0) is 9.47 Å². The van der Waals surface area contributed by atoms with E-state index in [0.29, 0.717) is 12.0 Å². The average Bonchev–Trinajstić information content (AvgIpc) is 2.24. The first-order chi connectivity index (χ1) is 7.18. The molecule has 0 aliphatic rings. The molecule has 0 N–H and O–H groups in total. The molecule has 0 saturated heterocycles. The van der Waals surface area contributed by atoms with Crippen LogP contribution < -0.4 is 0 Å². The molecule has 0 saturated carbocycles. The highest BCUT2D eigenvalue weighted by molar-refractivity contribution is 9.09. The van der Waals surface area contributed by atoms with Gasteiger partial charge in [0.25, 0.3) is 0 Å². The Kier molecular flexibility index (Phi) is 9.87. The molecule has 0 fully saturated rings.